The predicted molar refractivity (Wildman–Crippen MR) is 78.1 cm³/mol. The van der Waals surface area contributed by atoms with Crippen LogP contribution in [0.1, 0.15) is 34.1 Å². The van der Waals surface area contributed by atoms with Gasteiger partial charge < -0.3 is 5.32 Å². The van der Waals surface area contributed by atoms with Crippen LogP contribution in [-0.2, 0) is 6.42 Å². The summed E-state index contributed by atoms with van der Waals surface area (Å²) in [7, 11) is 0. The van der Waals surface area contributed by atoms with Crippen molar-refractivity contribution in [1.29, 1.82) is 0 Å². The lowest BCUT2D eigenvalue weighted by molar-refractivity contribution is 0.482. The number of nitrogens with zero attached hydrogens (tertiary/aromatic N) is 1. The van der Waals surface area contributed by atoms with Crippen molar-refractivity contribution in [1.82, 2.24) is 10.3 Å². The van der Waals surface area contributed by atoms with Crippen LogP contribution in [0.25, 0.3) is 0 Å². The second-order valence-corrected chi connectivity index (χ2v) is 5.94. The van der Waals surface area contributed by atoms with E-state index in [-0.39, 0.29) is 6.04 Å². The van der Waals surface area contributed by atoms with E-state index in [1.165, 1.54) is 0 Å². The molecule has 20 heavy (non-hydrogen) atoms. The van der Waals surface area contributed by atoms with Gasteiger partial charge >= 0.3 is 0 Å². The summed E-state index contributed by atoms with van der Waals surface area (Å²) in [4.78, 5) is 5.50. The maximum atomic E-state index is 13.8. The van der Waals surface area contributed by atoms with E-state index < -0.39 is 11.6 Å². The number of hydrogen-bond acceptors (Lipinski definition) is 3. The molecule has 1 atom stereocenters. The van der Waals surface area contributed by atoms with Crippen LogP contribution in [0.2, 0.25) is 0 Å². The number of halogens is 2. The number of thiazole rings is 1. The van der Waals surface area contributed by atoms with Crippen molar-refractivity contribution in [2.24, 2.45) is 0 Å². The Morgan fingerprint density at radius 1 is 1.30 bits per heavy atom. The highest BCUT2D eigenvalue weighted by Crippen LogP contribution is 2.28. The number of rotatable bonds is 5. The minimum atomic E-state index is -0.796. The molecule has 0 radical (unpaired) electrons. The Kier molecular flexibility index (Phi) is 4.83. The highest BCUT2D eigenvalue weighted by molar-refractivity contribution is 7.11. The Morgan fingerprint density at radius 2 is 2.05 bits per heavy atom. The molecule has 0 spiro atoms. The zero-order chi connectivity index (χ0) is 14.7. The van der Waals surface area contributed by atoms with Crippen molar-refractivity contribution >= 4 is 11.3 Å². The van der Waals surface area contributed by atoms with Crippen molar-refractivity contribution in [3.63, 3.8) is 0 Å². The first kappa shape index (κ1) is 15.1. The first-order valence-electron chi connectivity index (χ1n) is 6.63. The van der Waals surface area contributed by atoms with Crippen LogP contribution < -0.4 is 5.32 Å². The summed E-state index contributed by atoms with van der Waals surface area (Å²) >= 11 is 1.60. The number of benzene rings is 1. The molecular weight excluding hydrogens is 278 g/mol. The van der Waals surface area contributed by atoms with E-state index in [9.17, 15) is 8.78 Å². The van der Waals surface area contributed by atoms with Crippen molar-refractivity contribution < 1.29 is 8.78 Å². The Morgan fingerprint density at radius 3 is 2.65 bits per heavy atom. The van der Waals surface area contributed by atoms with Crippen molar-refractivity contribution in [3.05, 3.63) is 51.0 Å². The van der Waals surface area contributed by atoms with Crippen LogP contribution >= 0.6 is 11.3 Å². The number of aromatic nitrogens is 1. The average molecular weight is 296 g/mol. The third-order valence-electron chi connectivity index (χ3n) is 3.16. The smallest absolute Gasteiger partial charge is 0.162 e. The second kappa shape index (κ2) is 6.41. The first-order chi connectivity index (χ1) is 9.52. The Hall–Kier alpha value is -1.33. The molecule has 1 unspecified atom stereocenters. The third-order valence-corrected chi connectivity index (χ3v) is 4.35. The van der Waals surface area contributed by atoms with Gasteiger partial charge in [-0.2, -0.15) is 0 Å². The molecule has 1 aromatic heterocycles. The van der Waals surface area contributed by atoms with E-state index in [2.05, 4.69) is 10.3 Å². The molecule has 0 saturated heterocycles. The van der Waals surface area contributed by atoms with E-state index >= 15 is 0 Å². The lowest BCUT2D eigenvalue weighted by Gasteiger charge is -2.17. The summed E-state index contributed by atoms with van der Waals surface area (Å²) in [6.07, 6.45) is 0.417. The van der Waals surface area contributed by atoms with Crippen LogP contribution in [0.4, 0.5) is 8.78 Å². The Bertz CT molecular complexity index is 596. The Balaban J connectivity index is 2.30. The molecule has 2 aromatic rings. The molecular formula is C15H18F2N2S. The number of aryl methyl sites for hydroxylation is 2. The normalized spacial score (nSPS) is 12.7. The van der Waals surface area contributed by atoms with E-state index in [0.29, 0.717) is 12.0 Å². The molecule has 108 valence electrons. The summed E-state index contributed by atoms with van der Waals surface area (Å²) < 4.78 is 27.1. The fourth-order valence-corrected chi connectivity index (χ4v) is 3.30. The number of nitrogens with one attached hydrogen (secondary N) is 1. The van der Waals surface area contributed by atoms with Gasteiger partial charge in [0.1, 0.15) is 0 Å². The van der Waals surface area contributed by atoms with E-state index in [4.69, 9.17) is 0 Å². The highest BCUT2D eigenvalue weighted by Gasteiger charge is 2.19. The molecule has 0 bridgehead atoms. The summed E-state index contributed by atoms with van der Waals surface area (Å²) in [6, 6.07) is 4.28. The predicted octanol–water partition coefficient (Wildman–Crippen LogP) is 3.93. The van der Waals surface area contributed by atoms with Crippen LogP contribution in [-0.4, -0.2) is 11.5 Å². The molecule has 1 N–H and O–H groups in total. The molecule has 2 nitrogen and oxygen atoms in total. The molecule has 0 amide bonds. The van der Waals surface area contributed by atoms with Crippen molar-refractivity contribution in [3.8, 4) is 0 Å². The van der Waals surface area contributed by atoms with E-state index in [0.717, 1.165) is 28.2 Å². The van der Waals surface area contributed by atoms with Gasteiger partial charge in [0.15, 0.2) is 11.6 Å². The van der Waals surface area contributed by atoms with Gasteiger partial charge in [-0.05, 0) is 38.4 Å². The monoisotopic (exact) mass is 296 g/mol. The van der Waals surface area contributed by atoms with E-state index in [1.807, 2.05) is 20.8 Å². The lowest BCUT2D eigenvalue weighted by Crippen LogP contribution is -2.23. The van der Waals surface area contributed by atoms with Crippen LogP contribution in [0.3, 0.4) is 0 Å². The fourth-order valence-electron chi connectivity index (χ4n) is 2.30. The quantitative estimate of drug-likeness (QED) is 0.904. The molecule has 0 aliphatic heterocycles. The van der Waals surface area contributed by atoms with Crippen LogP contribution in [0.5, 0.6) is 0 Å². The second-order valence-electron chi connectivity index (χ2n) is 4.71. The third kappa shape index (κ3) is 3.22. The first-order valence-corrected chi connectivity index (χ1v) is 7.44. The van der Waals surface area contributed by atoms with Gasteiger partial charge in [-0.1, -0.05) is 19.1 Å². The molecule has 1 heterocycles. The van der Waals surface area contributed by atoms with Gasteiger partial charge in [0.05, 0.1) is 10.7 Å². The largest absolute Gasteiger partial charge is 0.309 e. The van der Waals surface area contributed by atoms with Gasteiger partial charge in [0, 0.05) is 10.9 Å². The van der Waals surface area contributed by atoms with E-state index in [1.54, 1.807) is 23.5 Å². The fraction of sp³-hybridized carbons (Fsp3) is 0.400. The maximum Gasteiger partial charge on any atom is 0.162 e. The zero-order valence-corrected chi connectivity index (χ0v) is 12.7. The molecule has 0 fully saturated rings. The average Bonchev–Trinajstić information content (AvgIpc) is 2.73. The summed E-state index contributed by atoms with van der Waals surface area (Å²) in [6.45, 7) is 6.66. The molecule has 1 aromatic carbocycles. The van der Waals surface area contributed by atoms with Crippen LogP contribution in [0, 0.1) is 25.5 Å². The summed E-state index contributed by atoms with van der Waals surface area (Å²) in [5.74, 6) is -1.55. The number of likely N-dealkylation sites (N-methyl/N-ethyl adjacent to an activating group) is 1. The van der Waals surface area contributed by atoms with Crippen molar-refractivity contribution in [2.75, 3.05) is 6.54 Å². The standard InChI is InChI=1S/C15H18F2N2S/c1-4-18-13(15-9(2)19-10(3)20-15)8-11-6-5-7-12(16)14(11)17/h5-7,13,18H,4,8H2,1-3H3. The molecule has 0 aliphatic rings. The SMILES string of the molecule is CCNC(Cc1cccc(F)c1F)c1sc(C)nc1C. The Labute approximate surface area is 121 Å². The van der Waals surface area contributed by atoms with Gasteiger partial charge in [-0.25, -0.2) is 13.8 Å². The molecule has 5 heteroatoms. The van der Waals surface area contributed by atoms with Gasteiger partial charge in [0.25, 0.3) is 0 Å². The van der Waals surface area contributed by atoms with Gasteiger partial charge in [0.2, 0.25) is 0 Å². The molecule has 0 aliphatic carbocycles. The lowest BCUT2D eigenvalue weighted by atomic mass is 10.0. The highest BCUT2D eigenvalue weighted by atomic mass is 32.1. The topological polar surface area (TPSA) is 24.9 Å². The molecule has 0 saturated carbocycles. The minimum Gasteiger partial charge on any atom is -0.309 e. The summed E-state index contributed by atoms with van der Waals surface area (Å²) in [5.41, 5.74) is 1.34. The maximum absolute atomic E-state index is 13.8. The van der Waals surface area contributed by atoms with Crippen molar-refractivity contribution in [2.45, 2.75) is 33.2 Å². The number of hydrogen-bond donors (Lipinski definition) is 1. The van der Waals surface area contributed by atoms with Gasteiger partial charge in [-0.15, -0.1) is 11.3 Å². The summed E-state index contributed by atoms with van der Waals surface area (Å²) in [5, 5.41) is 4.32. The van der Waals surface area contributed by atoms with Gasteiger partial charge in [-0.3, -0.25) is 0 Å². The van der Waals surface area contributed by atoms with Crippen LogP contribution in [0.15, 0.2) is 18.2 Å². The minimum absolute atomic E-state index is 0.0394. The molecule has 2 rings (SSSR count). The zero-order valence-electron chi connectivity index (χ0n) is 11.8.